The lowest BCUT2D eigenvalue weighted by Crippen LogP contribution is -2.34. The monoisotopic (exact) mass is 234 g/mol. The number of para-hydroxylation sites is 1. The van der Waals surface area contributed by atoms with E-state index in [1.807, 2.05) is 12.1 Å². The Morgan fingerprint density at radius 1 is 1.44 bits per heavy atom. The number of rotatable bonds is 3. The Balaban J connectivity index is 2.21. The zero-order valence-electron chi connectivity index (χ0n) is 9.79. The molecule has 0 saturated heterocycles. The average Bonchev–Trinajstić information content (AvgIpc) is 2.18. The van der Waals surface area contributed by atoms with E-state index < -0.39 is 0 Å². The number of nitrogens with one attached hydrogen (secondary N) is 1. The van der Waals surface area contributed by atoms with Crippen LogP contribution in [0.25, 0.3) is 0 Å². The van der Waals surface area contributed by atoms with Gasteiger partial charge < -0.3 is 11.1 Å². The largest absolute Gasteiger partial charge is 0.389 e. The van der Waals surface area contributed by atoms with E-state index in [2.05, 4.69) is 25.2 Å². The molecule has 16 heavy (non-hydrogen) atoms. The van der Waals surface area contributed by atoms with Gasteiger partial charge in [-0.15, -0.1) is 0 Å². The van der Waals surface area contributed by atoms with Crippen molar-refractivity contribution in [2.24, 2.45) is 11.7 Å². The number of hydrogen-bond acceptors (Lipinski definition) is 2. The maximum Gasteiger partial charge on any atom is 0.106 e. The second-order valence-electron chi connectivity index (χ2n) is 4.78. The predicted octanol–water partition coefficient (Wildman–Crippen LogP) is 2.84. The smallest absolute Gasteiger partial charge is 0.106 e. The van der Waals surface area contributed by atoms with Crippen LogP contribution in [0.1, 0.15) is 30.9 Å². The molecular weight excluding hydrogens is 216 g/mol. The van der Waals surface area contributed by atoms with Crippen molar-refractivity contribution in [3.8, 4) is 0 Å². The molecule has 0 unspecified atom stereocenters. The highest BCUT2D eigenvalue weighted by Crippen LogP contribution is 2.31. The standard InChI is InChI=1S/C13H18N2S/c1-8-6-10(7-8)15-12-9(2)4-3-5-11(12)13(14)16/h3-5,8,10,15H,6-7H2,1-2H3,(H2,14,16). The van der Waals surface area contributed by atoms with E-state index in [4.69, 9.17) is 18.0 Å². The normalized spacial score (nSPS) is 23.6. The van der Waals surface area contributed by atoms with Crippen LogP contribution in [0.3, 0.4) is 0 Å². The van der Waals surface area contributed by atoms with Gasteiger partial charge in [0.05, 0.1) is 0 Å². The van der Waals surface area contributed by atoms with Gasteiger partial charge in [0, 0.05) is 17.3 Å². The van der Waals surface area contributed by atoms with Crippen molar-refractivity contribution in [3.05, 3.63) is 29.3 Å². The first-order valence-electron chi connectivity index (χ1n) is 5.74. The Morgan fingerprint density at radius 2 is 2.12 bits per heavy atom. The number of hydrogen-bond donors (Lipinski definition) is 2. The number of aryl methyl sites for hydroxylation is 1. The third kappa shape index (κ3) is 2.19. The fourth-order valence-electron chi connectivity index (χ4n) is 2.29. The average molecular weight is 234 g/mol. The number of nitrogens with two attached hydrogens (primary N) is 1. The molecule has 0 amide bonds. The number of benzene rings is 1. The lowest BCUT2D eigenvalue weighted by Gasteiger charge is -2.35. The topological polar surface area (TPSA) is 38.0 Å². The summed E-state index contributed by atoms with van der Waals surface area (Å²) in [7, 11) is 0. The summed E-state index contributed by atoms with van der Waals surface area (Å²) in [6, 6.07) is 6.66. The highest BCUT2D eigenvalue weighted by molar-refractivity contribution is 7.80. The molecule has 0 bridgehead atoms. The van der Waals surface area contributed by atoms with Crippen LogP contribution in [-0.4, -0.2) is 11.0 Å². The van der Waals surface area contributed by atoms with Crippen LogP contribution >= 0.6 is 12.2 Å². The van der Waals surface area contributed by atoms with Crippen LogP contribution in [0.5, 0.6) is 0 Å². The van der Waals surface area contributed by atoms with Crippen molar-refractivity contribution in [3.63, 3.8) is 0 Å². The van der Waals surface area contributed by atoms with E-state index in [-0.39, 0.29) is 0 Å². The van der Waals surface area contributed by atoms with Crippen molar-refractivity contribution < 1.29 is 0 Å². The second kappa shape index (κ2) is 4.42. The Kier molecular flexibility index (Phi) is 3.15. The van der Waals surface area contributed by atoms with Crippen LogP contribution in [0, 0.1) is 12.8 Å². The quantitative estimate of drug-likeness (QED) is 0.790. The summed E-state index contributed by atoms with van der Waals surface area (Å²) in [5.41, 5.74) is 9.03. The predicted molar refractivity (Wildman–Crippen MR) is 72.9 cm³/mol. The number of anilines is 1. The van der Waals surface area contributed by atoms with Gasteiger partial charge in [-0.05, 0) is 37.3 Å². The lowest BCUT2D eigenvalue weighted by atomic mass is 9.81. The molecule has 1 aliphatic rings. The summed E-state index contributed by atoms with van der Waals surface area (Å²) in [4.78, 5) is 0.471. The molecule has 1 saturated carbocycles. The van der Waals surface area contributed by atoms with Crippen LogP contribution in [0.15, 0.2) is 18.2 Å². The van der Waals surface area contributed by atoms with Gasteiger partial charge in [0.1, 0.15) is 4.99 Å². The SMILES string of the molecule is Cc1cccc(C(N)=S)c1NC1CC(C)C1. The first-order valence-corrected chi connectivity index (χ1v) is 6.14. The van der Waals surface area contributed by atoms with E-state index in [0.29, 0.717) is 11.0 Å². The number of thiocarbonyl (C=S) groups is 1. The maximum atomic E-state index is 5.74. The molecule has 1 fully saturated rings. The highest BCUT2D eigenvalue weighted by Gasteiger charge is 2.26. The minimum Gasteiger partial charge on any atom is -0.389 e. The maximum absolute atomic E-state index is 5.74. The Morgan fingerprint density at radius 3 is 2.69 bits per heavy atom. The molecule has 3 N–H and O–H groups in total. The summed E-state index contributed by atoms with van der Waals surface area (Å²) < 4.78 is 0. The first-order chi connectivity index (χ1) is 7.58. The molecule has 1 aliphatic carbocycles. The third-order valence-corrected chi connectivity index (χ3v) is 3.48. The van der Waals surface area contributed by atoms with Crippen molar-refractivity contribution >= 4 is 22.9 Å². The molecule has 0 aromatic heterocycles. The van der Waals surface area contributed by atoms with Gasteiger partial charge in [0.15, 0.2) is 0 Å². The third-order valence-electron chi connectivity index (χ3n) is 3.26. The van der Waals surface area contributed by atoms with Gasteiger partial charge in [-0.25, -0.2) is 0 Å². The summed E-state index contributed by atoms with van der Waals surface area (Å²) in [6.45, 7) is 4.37. The van der Waals surface area contributed by atoms with E-state index >= 15 is 0 Å². The van der Waals surface area contributed by atoms with Crippen LogP contribution < -0.4 is 11.1 Å². The van der Waals surface area contributed by atoms with E-state index in [0.717, 1.165) is 17.2 Å². The van der Waals surface area contributed by atoms with Crippen molar-refractivity contribution in [2.45, 2.75) is 32.7 Å². The molecule has 86 valence electrons. The minimum absolute atomic E-state index is 0.471. The van der Waals surface area contributed by atoms with Gasteiger partial charge >= 0.3 is 0 Å². The Bertz CT molecular complexity index is 408. The molecule has 2 nitrogen and oxygen atoms in total. The molecule has 3 heteroatoms. The zero-order chi connectivity index (χ0) is 11.7. The van der Waals surface area contributed by atoms with Gasteiger partial charge in [-0.2, -0.15) is 0 Å². The fourth-order valence-corrected chi connectivity index (χ4v) is 2.46. The summed E-state index contributed by atoms with van der Waals surface area (Å²) >= 11 is 5.08. The highest BCUT2D eigenvalue weighted by atomic mass is 32.1. The molecule has 0 spiro atoms. The molecule has 0 aliphatic heterocycles. The van der Waals surface area contributed by atoms with Crippen molar-refractivity contribution in [1.82, 2.24) is 0 Å². The minimum atomic E-state index is 0.471. The van der Waals surface area contributed by atoms with Crippen LogP contribution in [0.4, 0.5) is 5.69 Å². The van der Waals surface area contributed by atoms with Gasteiger partial charge in [-0.3, -0.25) is 0 Å². The van der Waals surface area contributed by atoms with Gasteiger partial charge in [0.25, 0.3) is 0 Å². The summed E-state index contributed by atoms with van der Waals surface area (Å²) in [5, 5.41) is 3.56. The first kappa shape index (κ1) is 11.4. The summed E-state index contributed by atoms with van der Waals surface area (Å²) in [6.07, 6.45) is 2.48. The van der Waals surface area contributed by atoms with Crippen molar-refractivity contribution in [2.75, 3.05) is 5.32 Å². The molecule has 0 atom stereocenters. The lowest BCUT2D eigenvalue weighted by molar-refractivity contribution is 0.309. The second-order valence-corrected chi connectivity index (χ2v) is 5.22. The molecule has 0 radical (unpaired) electrons. The van der Waals surface area contributed by atoms with E-state index in [1.165, 1.54) is 18.4 Å². The van der Waals surface area contributed by atoms with Gasteiger partial charge in [-0.1, -0.05) is 31.3 Å². The van der Waals surface area contributed by atoms with Crippen molar-refractivity contribution in [1.29, 1.82) is 0 Å². The van der Waals surface area contributed by atoms with Crippen LogP contribution in [-0.2, 0) is 0 Å². The fraction of sp³-hybridized carbons (Fsp3) is 0.462. The molecule has 1 aromatic carbocycles. The molecule has 1 aromatic rings. The van der Waals surface area contributed by atoms with Crippen LogP contribution in [0.2, 0.25) is 0 Å². The van der Waals surface area contributed by atoms with Gasteiger partial charge in [0.2, 0.25) is 0 Å². The molecular formula is C13H18N2S. The van der Waals surface area contributed by atoms with E-state index in [9.17, 15) is 0 Å². The molecule has 0 heterocycles. The summed E-state index contributed by atoms with van der Waals surface area (Å²) in [5.74, 6) is 0.842. The van der Waals surface area contributed by atoms with E-state index in [1.54, 1.807) is 0 Å². The molecule has 2 rings (SSSR count). The Hall–Kier alpha value is -1.09. The Labute approximate surface area is 102 Å². The zero-order valence-corrected chi connectivity index (χ0v) is 10.6.